The van der Waals surface area contributed by atoms with Crippen molar-refractivity contribution >= 4 is 17.4 Å². The zero-order valence-electron chi connectivity index (χ0n) is 17.5. The molecule has 0 bridgehead atoms. The van der Waals surface area contributed by atoms with Gasteiger partial charge in [-0.15, -0.1) is 0 Å². The van der Waals surface area contributed by atoms with Gasteiger partial charge in [-0.2, -0.15) is 0 Å². The van der Waals surface area contributed by atoms with Gasteiger partial charge in [0, 0.05) is 23.3 Å². The molecule has 3 aromatic carbocycles. The number of allylic oxidation sites excluding steroid dienone is 1. The van der Waals surface area contributed by atoms with Crippen LogP contribution in [0.2, 0.25) is 0 Å². The maximum absolute atomic E-state index is 13.6. The summed E-state index contributed by atoms with van der Waals surface area (Å²) in [5.41, 5.74) is 2.53. The van der Waals surface area contributed by atoms with Gasteiger partial charge in [0.1, 0.15) is 23.0 Å². The highest BCUT2D eigenvalue weighted by molar-refractivity contribution is 6.32. The molecular formula is C25H24O5. The van der Waals surface area contributed by atoms with Gasteiger partial charge in [0.15, 0.2) is 5.78 Å². The van der Waals surface area contributed by atoms with Crippen LogP contribution in [-0.4, -0.2) is 34.2 Å². The molecule has 0 saturated heterocycles. The molecular weight excluding hydrogens is 380 g/mol. The van der Waals surface area contributed by atoms with E-state index in [4.69, 9.17) is 18.9 Å². The van der Waals surface area contributed by atoms with Crippen LogP contribution >= 0.6 is 0 Å². The third kappa shape index (κ3) is 4.81. The molecule has 0 fully saturated rings. The van der Waals surface area contributed by atoms with Crippen LogP contribution in [0.15, 0.2) is 66.7 Å². The Morgan fingerprint density at radius 2 is 1.07 bits per heavy atom. The van der Waals surface area contributed by atoms with Crippen LogP contribution in [0.4, 0.5) is 0 Å². The molecule has 0 unspecified atom stereocenters. The summed E-state index contributed by atoms with van der Waals surface area (Å²) < 4.78 is 21.5. The lowest BCUT2D eigenvalue weighted by Gasteiger charge is -2.13. The number of carbonyl (C=O) groups excluding carboxylic acids is 1. The van der Waals surface area contributed by atoms with E-state index in [0.717, 1.165) is 5.56 Å². The first kappa shape index (κ1) is 21.0. The first-order chi connectivity index (χ1) is 14.6. The van der Waals surface area contributed by atoms with Crippen molar-refractivity contribution in [2.24, 2.45) is 0 Å². The Hall–Kier alpha value is -3.73. The van der Waals surface area contributed by atoms with Gasteiger partial charge in [0.25, 0.3) is 0 Å². The van der Waals surface area contributed by atoms with E-state index >= 15 is 0 Å². The second-order valence-corrected chi connectivity index (χ2v) is 6.50. The number of hydrogen-bond donors (Lipinski definition) is 0. The molecule has 0 aliphatic carbocycles. The molecule has 0 atom stereocenters. The van der Waals surface area contributed by atoms with Gasteiger partial charge in [-0.3, -0.25) is 4.79 Å². The Balaban J connectivity index is 2.18. The summed E-state index contributed by atoms with van der Waals surface area (Å²) in [4.78, 5) is 13.6. The molecule has 5 heteroatoms. The van der Waals surface area contributed by atoms with Crippen molar-refractivity contribution in [3.8, 4) is 23.0 Å². The topological polar surface area (TPSA) is 54.0 Å². The van der Waals surface area contributed by atoms with E-state index in [0.29, 0.717) is 39.7 Å². The molecule has 5 nitrogen and oxygen atoms in total. The summed E-state index contributed by atoms with van der Waals surface area (Å²) >= 11 is 0. The number of benzene rings is 3. The van der Waals surface area contributed by atoms with Gasteiger partial charge in [-0.25, -0.2) is 0 Å². The predicted molar refractivity (Wildman–Crippen MR) is 118 cm³/mol. The minimum atomic E-state index is -0.175. The van der Waals surface area contributed by atoms with Crippen molar-refractivity contribution < 1.29 is 23.7 Å². The SMILES string of the molecule is COc1cc(OC)cc(C(=O)/C(=C/c2ccccc2)c2cc(OC)cc(OC)c2)c1. The number of Topliss-reactive ketones (excluding diaryl/α,β-unsaturated/α-hetero) is 1. The zero-order chi connectivity index (χ0) is 21.5. The first-order valence-corrected chi connectivity index (χ1v) is 9.36. The monoisotopic (exact) mass is 404 g/mol. The molecule has 0 amide bonds. The molecule has 0 aliphatic heterocycles. The van der Waals surface area contributed by atoms with Crippen LogP contribution in [0, 0.1) is 0 Å². The highest BCUT2D eigenvalue weighted by atomic mass is 16.5. The number of hydrogen-bond acceptors (Lipinski definition) is 5. The smallest absolute Gasteiger partial charge is 0.193 e. The average Bonchev–Trinajstić information content (AvgIpc) is 2.81. The van der Waals surface area contributed by atoms with Crippen molar-refractivity contribution in [3.63, 3.8) is 0 Å². The molecule has 30 heavy (non-hydrogen) atoms. The highest BCUT2D eigenvalue weighted by Crippen LogP contribution is 2.32. The second kappa shape index (κ2) is 9.65. The number of ketones is 1. The lowest BCUT2D eigenvalue weighted by atomic mass is 9.94. The lowest BCUT2D eigenvalue weighted by molar-refractivity contribution is 0.105. The minimum absolute atomic E-state index is 0.175. The van der Waals surface area contributed by atoms with Gasteiger partial charge < -0.3 is 18.9 Å². The summed E-state index contributed by atoms with van der Waals surface area (Å²) in [5.74, 6) is 2.10. The van der Waals surface area contributed by atoms with Crippen LogP contribution < -0.4 is 18.9 Å². The summed E-state index contributed by atoms with van der Waals surface area (Å²) in [6.07, 6.45) is 1.85. The van der Waals surface area contributed by atoms with Crippen molar-refractivity contribution in [3.05, 3.63) is 83.4 Å². The van der Waals surface area contributed by atoms with Crippen molar-refractivity contribution in [1.29, 1.82) is 0 Å². The largest absolute Gasteiger partial charge is 0.497 e. The van der Waals surface area contributed by atoms with E-state index in [1.807, 2.05) is 48.5 Å². The van der Waals surface area contributed by atoms with Gasteiger partial charge in [-0.05, 0) is 41.5 Å². The van der Waals surface area contributed by atoms with Crippen molar-refractivity contribution in [2.75, 3.05) is 28.4 Å². The maximum atomic E-state index is 13.6. The molecule has 0 aliphatic rings. The molecule has 3 aromatic rings. The summed E-state index contributed by atoms with van der Waals surface area (Å²) in [6.45, 7) is 0. The molecule has 154 valence electrons. The predicted octanol–water partition coefficient (Wildman–Crippen LogP) is 5.14. The summed E-state index contributed by atoms with van der Waals surface area (Å²) in [6, 6.07) is 20.2. The second-order valence-electron chi connectivity index (χ2n) is 6.50. The molecule has 0 saturated carbocycles. The fourth-order valence-corrected chi connectivity index (χ4v) is 3.05. The normalized spacial score (nSPS) is 11.0. The molecule has 0 heterocycles. The third-order valence-electron chi connectivity index (χ3n) is 4.63. The summed E-state index contributed by atoms with van der Waals surface area (Å²) in [7, 11) is 6.26. The number of carbonyl (C=O) groups is 1. The molecule has 0 radical (unpaired) electrons. The van der Waals surface area contributed by atoms with Crippen LogP contribution in [-0.2, 0) is 0 Å². The molecule has 0 N–H and O–H groups in total. The van der Waals surface area contributed by atoms with Gasteiger partial charge in [0.05, 0.1) is 28.4 Å². The van der Waals surface area contributed by atoms with Crippen LogP contribution in [0.25, 0.3) is 11.6 Å². The average molecular weight is 404 g/mol. The van der Waals surface area contributed by atoms with Crippen LogP contribution in [0.3, 0.4) is 0 Å². The Bertz CT molecular complexity index is 1010. The minimum Gasteiger partial charge on any atom is -0.497 e. The Morgan fingerprint density at radius 3 is 1.50 bits per heavy atom. The lowest BCUT2D eigenvalue weighted by Crippen LogP contribution is -2.05. The van der Waals surface area contributed by atoms with E-state index in [1.165, 1.54) is 0 Å². The summed E-state index contributed by atoms with van der Waals surface area (Å²) in [5, 5.41) is 0. The van der Waals surface area contributed by atoms with Crippen molar-refractivity contribution in [1.82, 2.24) is 0 Å². The standard InChI is InChI=1S/C25H24O5/c1-27-20-11-18(12-21(15-20)28-2)24(10-17-8-6-5-7-9-17)25(26)19-13-22(29-3)16-23(14-19)30-4/h5-16H,1-4H3/b24-10+. The Kier molecular flexibility index (Phi) is 6.75. The zero-order valence-corrected chi connectivity index (χ0v) is 17.5. The van der Waals surface area contributed by atoms with Crippen LogP contribution in [0.5, 0.6) is 23.0 Å². The van der Waals surface area contributed by atoms with Crippen molar-refractivity contribution in [2.45, 2.75) is 0 Å². The third-order valence-corrected chi connectivity index (χ3v) is 4.63. The fraction of sp³-hybridized carbons (Fsp3) is 0.160. The first-order valence-electron chi connectivity index (χ1n) is 9.36. The Morgan fingerprint density at radius 1 is 0.633 bits per heavy atom. The van der Waals surface area contributed by atoms with Crippen LogP contribution in [0.1, 0.15) is 21.5 Å². The molecule has 0 spiro atoms. The number of methoxy groups -OCH3 is 4. The van der Waals surface area contributed by atoms with E-state index in [1.54, 1.807) is 52.7 Å². The fourth-order valence-electron chi connectivity index (χ4n) is 3.05. The quantitative estimate of drug-likeness (QED) is 0.295. The number of ether oxygens (including phenoxy) is 4. The highest BCUT2D eigenvalue weighted by Gasteiger charge is 2.18. The Labute approximate surface area is 176 Å². The van der Waals surface area contributed by atoms with Gasteiger partial charge in [-0.1, -0.05) is 30.3 Å². The molecule has 0 aromatic heterocycles. The van der Waals surface area contributed by atoms with E-state index in [-0.39, 0.29) is 5.78 Å². The van der Waals surface area contributed by atoms with E-state index < -0.39 is 0 Å². The molecule has 3 rings (SSSR count). The van der Waals surface area contributed by atoms with Gasteiger partial charge in [0.2, 0.25) is 0 Å². The maximum Gasteiger partial charge on any atom is 0.193 e. The van der Waals surface area contributed by atoms with Gasteiger partial charge >= 0.3 is 0 Å². The number of rotatable bonds is 8. The van der Waals surface area contributed by atoms with E-state index in [2.05, 4.69) is 0 Å². The van der Waals surface area contributed by atoms with E-state index in [9.17, 15) is 4.79 Å².